The lowest BCUT2D eigenvalue weighted by atomic mass is 9.62. The minimum atomic E-state index is -1.39. The lowest BCUT2D eigenvalue weighted by Crippen LogP contribution is -2.53. The normalized spacial score (nSPS) is 33.4. The second-order valence-electron chi connectivity index (χ2n) is 10.8. The highest BCUT2D eigenvalue weighted by Crippen LogP contribution is 2.70. The maximum Gasteiger partial charge on any atom is 0.320 e. The topological polar surface area (TPSA) is 80.7 Å². The van der Waals surface area contributed by atoms with Crippen LogP contribution < -0.4 is 0 Å². The van der Waals surface area contributed by atoms with Gasteiger partial charge in [-0.15, -0.1) is 0 Å². The summed E-state index contributed by atoms with van der Waals surface area (Å²) in [6, 6.07) is 0. The van der Waals surface area contributed by atoms with E-state index in [9.17, 15) is 19.5 Å². The molecule has 0 unspecified atom stereocenters. The van der Waals surface area contributed by atoms with Gasteiger partial charge in [0.25, 0.3) is 0 Å². The highest BCUT2D eigenvalue weighted by Gasteiger charge is 2.70. The molecular formula is C23H38O5. The number of hydrogen-bond acceptors (Lipinski definition) is 5. The zero-order valence-corrected chi connectivity index (χ0v) is 18.9. The molecule has 0 aromatic rings. The van der Waals surface area contributed by atoms with E-state index in [0.717, 1.165) is 12.8 Å². The van der Waals surface area contributed by atoms with E-state index in [-0.39, 0.29) is 36.2 Å². The molecule has 2 aliphatic rings. The molecule has 1 N–H and O–H groups in total. The number of fused-ring (bicyclic) bond motifs is 2. The summed E-state index contributed by atoms with van der Waals surface area (Å²) in [6.07, 6.45) is 2.68. The van der Waals surface area contributed by atoms with Gasteiger partial charge in [0.15, 0.2) is 5.78 Å². The van der Waals surface area contributed by atoms with E-state index in [1.54, 1.807) is 27.7 Å². The van der Waals surface area contributed by atoms with Crippen LogP contribution in [0.1, 0.15) is 93.9 Å². The van der Waals surface area contributed by atoms with E-state index in [1.807, 2.05) is 6.92 Å². The maximum atomic E-state index is 13.2. The summed E-state index contributed by atoms with van der Waals surface area (Å²) in [5.41, 5.74) is -4.02. The lowest BCUT2D eigenvalue weighted by molar-refractivity contribution is -0.171. The van der Waals surface area contributed by atoms with E-state index in [1.165, 1.54) is 6.92 Å². The third kappa shape index (κ3) is 3.24. The van der Waals surface area contributed by atoms with Crippen molar-refractivity contribution in [3.63, 3.8) is 0 Å². The molecule has 0 heterocycles. The first-order valence-electron chi connectivity index (χ1n) is 10.6. The van der Waals surface area contributed by atoms with E-state index < -0.39 is 28.0 Å². The van der Waals surface area contributed by atoms with E-state index in [0.29, 0.717) is 12.3 Å². The van der Waals surface area contributed by atoms with Crippen LogP contribution in [0.5, 0.6) is 0 Å². The molecule has 28 heavy (non-hydrogen) atoms. The second kappa shape index (κ2) is 6.93. The van der Waals surface area contributed by atoms with Crippen molar-refractivity contribution >= 4 is 17.5 Å². The fourth-order valence-corrected chi connectivity index (χ4v) is 5.60. The molecule has 2 saturated carbocycles. The Kier molecular flexibility index (Phi) is 5.70. The second-order valence-corrected chi connectivity index (χ2v) is 10.8. The van der Waals surface area contributed by atoms with Gasteiger partial charge < -0.3 is 9.84 Å². The Morgan fingerprint density at radius 2 is 1.71 bits per heavy atom. The van der Waals surface area contributed by atoms with Crippen molar-refractivity contribution < 1.29 is 24.2 Å². The van der Waals surface area contributed by atoms with E-state index in [4.69, 9.17) is 4.74 Å². The average Bonchev–Trinajstić information content (AvgIpc) is 2.85. The molecule has 4 atom stereocenters. The first kappa shape index (κ1) is 23.1. The van der Waals surface area contributed by atoms with Crippen LogP contribution >= 0.6 is 0 Å². The Bertz CT molecular complexity index is 673. The molecule has 0 amide bonds. The number of aliphatic hydroxyl groups is 1. The number of hydrogen-bond donors (Lipinski definition) is 1. The minimum absolute atomic E-state index is 0.00154. The lowest BCUT2D eigenvalue weighted by Gasteiger charge is -2.44. The van der Waals surface area contributed by atoms with Crippen molar-refractivity contribution in [1.29, 1.82) is 0 Å². The SMILES string of the molecule is CC[C@@](CCC(=O)[C@@]1(O)C[C@H]2CC[C@]1(C)C2(C)C)(C(C)=O)C(=O)OC(C)(C)C. The van der Waals surface area contributed by atoms with Crippen LogP contribution in [-0.2, 0) is 19.1 Å². The van der Waals surface area contributed by atoms with Gasteiger partial charge >= 0.3 is 5.97 Å². The monoisotopic (exact) mass is 394 g/mol. The number of Topliss-reactive ketones (excluding diaryl/α,β-unsaturated/α-hetero) is 2. The number of carbonyl (C=O) groups is 3. The van der Waals surface area contributed by atoms with Crippen molar-refractivity contribution in [3.05, 3.63) is 0 Å². The average molecular weight is 395 g/mol. The largest absolute Gasteiger partial charge is 0.459 e. The molecule has 0 spiro atoms. The number of ether oxygens (including phenoxy) is 1. The molecule has 2 rings (SSSR count). The number of rotatable bonds is 7. The van der Waals surface area contributed by atoms with Crippen LogP contribution in [0.25, 0.3) is 0 Å². The molecular weight excluding hydrogens is 356 g/mol. The van der Waals surface area contributed by atoms with Crippen LogP contribution in [0.15, 0.2) is 0 Å². The zero-order chi connectivity index (χ0) is 21.8. The molecule has 0 aliphatic heterocycles. The Morgan fingerprint density at radius 3 is 2.07 bits per heavy atom. The van der Waals surface area contributed by atoms with Gasteiger partial charge in [-0.05, 0) is 71.1 Å². The van der Waals surface area contributed by atoms with Crippen molar-refractivity contribution in [1.82, 2.24) is 0 Å². The summed E-state index contributed by atoms with van der Waals surface area (Å²) in [7, 11) is 0. The van der Waals surface area contributed by atoms with Crippen molar-refractivity contribution in [2.24, 2.45) is 22.2 Å². The molecule has 2 aliphatic carbocycles. The minimum Gasteiger partial charge on any atom is -0.459 e. The maximum absolute atomic E-state index is 13.2. The summed E-state index contributed by atoms with van der Waals surface area (Å²) in [5, 5.41) is 11.4. The Hall–Kier alpha value is -1.23. The fourth-order valence-electron chi connectivity index (χ4n) is 5.60. The molecule has 2 bridgehead atoms. The highest BCUT2D eigenvalue weighted by atomic mass is 16.6. The molecule has 0 aromatic heterocycles. The molecule has 5 heteroatoms. The summed E-state index contributed by atoms with van der Waals surface area (Å²) >= 11 is 0. The molecule has 160 valence electrons. The van der Waals surface area contributed by atoms with Crippen LogP contribution in [0, 0.1) is 22.2 Å². The smallest absolute Gasteiger partial charge is 0.320 e. The standard InChI is InChI=1S/C23H38O5/c1-9-22(15(2)24,18(26)28-19(3,4)5)13-11-17(25)23(27)14-16-10-12-21(23,8)20(16,6)7/h16,27H,9-14H2,1-8H3/t16-,21-,22-,23+/m1/s1. The van der Waals surface area contributed by atoms with Crippen LogP contribution in [0.2, 0.25) is 0 Å². The van der Waals surface area contributed by atoms with Crippen molar-refractivity contribution in [2.75, 3.05) is 0 Å². The van der Waals surface area contributed by atoms with E-state index >= 15 is 0 Å². The predicted octanol–water partition coefficient (Wildman–Crippen LogP) is 4.24. The molecule has 2 fully saturated rings. The van der Waals surface area contributed by atoms with Crippen LogP contribution in [0.3, 0.4) is 0 Å². The highest BCUT2D eigenvalue weighted by molar-refractivity contribution is 6.03. The van der Waals surface area contributed by atoms with Gasteiger partial charge in [0.2, 0.25) is 0 Å². The molecule has 0 radical (unpaired) electrons. The Morgan fingerprint density at radius 1 is 1.14 bits per heavy atom. The first-order chi connectivity index (χ1) is 12.6. The van der Waals surface area contributed by atoms with Gasteiger partial charge in [-0.25, -0.2) is 0 Å². The molecule has 5 nitrogen and oxygen atoms in total. The predicted molar refractivity (Wildman–Crippen MR) is 108 cm³/mol. The number of esters is 1. The van der Waals surface area contributed by atoms with Gasteiger partial charge in [-0.3, -0.25) is 14.4 Å². The van der Waals surface area contributed by atoms with Gasteiger partial charge in [0.1, 0.15) is 22.4 Å². The third-order valence-corrected chi connectivity index (χ3v) is 8.20. The van der Waals surface area contributed by atoms with Gasteiger partial charge in [-0.2, -0.15) is 0 Å². The molecule has 0 saturated heterocycles. The molecule has 0 aromatic carbocycles. The van der Waals surface area contributed by atoms with Crippen molar-refractivity contribution in [2.45, 2.75) is 105 Å². The Labute approximate surface area is 169 Å². The van der Waals surface area contributed by atoms with Crippen LogP contribution in [-0.4, -0.2) is 33.8 Å². The summed E-state index contributed by atoms with van der Waals surface area (Å²) in [4.78, 5) is 38.5. The van der Waals surface area contributed by atoms with Crippen LogP contribution in [0.4, 0.5) is 0 Å². The van der Waals surface area contributed by atoms with E-state index in [2.05, 4.69) is 13.8 Å². The summed E-state index contributed by atoms with van der Waals surface area (Å²) in [5.74, 6) is -0.785. The fraction of sp³-hybridized carbons (Fsp3) is 0.870. The van der Waals surface area contributed by atoms with Gasteiger partial charge in [-0.1, -0.05) is 27.7 Å². The van der Waals surface area contributed by atoms with Crippen molar-refractivity contribution in [3.8, 4) is 0 Å². The summed E-state index contributed by atoms with van der Waals surface area (Å²) in [6.45, 7) is 14.7. The first-order valence-corrected chi connectivity index (χ1v) is 10.6. The number of carbonyl (C=O) groups excluding carboxylic acids is 3. The quantitative estimate of drug-likeness (QED) is 0.516. The van der Waals surface area contributed by atoms with Gasteiger partial charge in [0.05, 0.1) is 0 Å². The third-order valence-electron chi connectivity index (χ3n) is 8.20. The summed E-state index contributed by atoms with van der Waals surface area (Å²) < 4.78 is 5.51. The van der Waals surface area contributed by atoms with Gasteiger partial charge in [0, 0.05) is 11.8 Å². The zero-order valence-electron chi connectivity index (χ0n) is 18.9. The Balaban J connectivity index is 2.23. The number of ketones is 2.